The van der Waals surface area contributed by atoms with Gasteiger partial charge < -0.3 is 10.0 Å². The molecule has 1 aliphatic rings. The van der Waals surface area contributed by atoms with Gasteiger partial charge in [0.1, 0.15) is 0 Å². The van der Waals surface area contributed by atoms with Gasteiger partial charge in [0.05, 0.1) is 6.10 Å². The van der Waals surface area contributed by atoms with Crippen LogP contribution in [0.5, 0.6) is 0 Å². The number of hydrogen-bond acceptors (Lipinski definition) is 2. The smallest absolute Gasteiger partial charge is 0.0664 e. The first kappa shape index (κ1) is 13.0. The van der Waals surface area contributed by atoms with Crippen molar-refractivity contribution in [2.75, 3.05) is 13.6 Å². The molecule has 1 unspecified atom stereocenters. The number of hydrogen-bond donors (Lipinski definition) is 1. The predicted octanol–water partition coefficient (Wildman–Crippen LogP) is 2.66. The zero-order chi connectivity index (χ0) is 11.5. The molecule has 2 nitrogen and oxygen atoms in total. The summed E-state index contributed by atoms with van der Waals surface area (Å²) in [7, 11) is 2.15. The van der Waals surface area contributed by atoms with Crippen LogP contribution in [0.4, 0.5) is 0 Å². The topological polar surface area (TPSA) is 23.5 Å². The Kier molecular flexibility index (Phi) is 4.60. The van der Waals surface area contributed by atoms with Gasteiger partial charge in [-0.25, -0.2) is 0 Å². The summed E-state index contributed by atoms with van der Waals surface area (Å²) in [5.74, 6) is 0. The van der Waals surface area contributed by atoms with Crippen LogP contribution >= 0.6 is 0 Å². The minimum absolute atomic E-state index is 0.148. The van der Waals surface area contributed by atoms with Gasteiger partial charge in [0.15, 0.2) is 0 Å². The van der Waals surface area contributed by atoms with Crippen molar-refractivity contribution >= 4 is 0 Å². The lowest BCUT2D eigenvalue weighted by molar-refractivity contribution is 0.0708. The standard InChI is InChI=1S/C13H27NO/c1-5-12(15)10-14(4)11-6-8-13(2,3)9-7-11/h11-12,15H,5-10H2,1-4H3. The Labute approximate surface area is 94.7 Å². The summed E-state index contributed by atoms with van der Waals surface area (Å²) in [4.78, 5) is 2.35. The van der Waals surface area contributed by atoms with Gasteiger partial charge in [-0.05, 0) is 44.6 Å². The Morgan fingerprint density at radius 1 is 1.33 bits per heavy atom. The molecule has 0 heterocycles. The van der Waals surface area contributed by atoms with Crippen molar-refractivity contribution < 1.29 is 5.11 Å². The van der Waals surface area contributed by atoms with Crippen molar-refractivity contribution in [1.29, 1.82) is 0 Å². The summed E-state index contributed by atoms with van der Waals surface area (Å²) in [6.07, 6.45) is 5.95. The van der Waals surface area contributed by atoms with Gasteiger partial charge in [-0.2, -0.15) is 0 Å². The Morgan fingerprint density at radius 3 is 2.33 bits per heavy atom. The van der Waals surface area contributed by atoms with Crippen LogP contribution in [0.25, 0.3) is 0 Å². The monoisotopic (exact) mass is 213 g/mol. The summed E-state index contributed by atoms with van der Waals surface area (Å²) in [6, 6.07) is 0.694. The second kappa shape index (κ2) is 5.31. The van der Waals surface area contributed by atoms with Gasteiger partial charge in [-0.15, -0.1) is 0 Å². The quantitative estimate of drug-likeness (QED) is 0.776. The van der Waals surface area contributed by atoms with Crippen LogP contribution in [-0.4, -0.2) is 35.7 Å². The van der Waals surface area contributed by atoms with E-state index in [1.807, 2.05) is 6.92 Å². The molecule has 0 aromatic heterocycles. The summed E-state index contributed by atoms with van der Waals surface area (Å²) in [5, 5.41) is 9.62. The van der Waals surface area contributed by atoms with Crippen molar-refractivity contribution in [2.24, 2.45) is 5.41 Å². The fraction of sp³-hybridized carbons (Fsp3) is 1.00. The largest absolute Gasteiger partial charge is 0.392 e. The molecule has 1 fully saturated rings. The maximum absolute atomic E-state index is 9.62. The second-order valence-corrected chi connectivity index (χ2v) is 5.90. The lowest BCUT2D eigenvalue weighted by atomic mass is 9.75. The molecule has 1 atom stereocenters. The zero-order valence-electron chi connectivity index (χ0n) is 10.8. The SMILES string of the molecule is CCC(O)CN(C)C1CCC(C)(C)CC1. The number of rotatable bonds is 4. The van der Waals surface area contributed by atoms with Crippen molar-refractivity contribution in [3.05, 3.63) is 0 Å². The molecule has 0 saturated heterocycles. The summed E-state index contributed by atoms with van der Waals surface area (Å²) >= 11 is 0. The molecule has 0 aromatic rings. The molecular weight excluding hydrogens is 186 g/mol. The van der Waals surface area contributed by atoms with Gasteiger partial charge in [0.25, 0.3) is 0 Å². The normalized spacial score (nSPS) is 24.4. The molecule has 0 amide bonds. The Bertz CT molecular complexity index is 181. The number of likely N-dealkylation sites (N-methyl/N-ethyl adjacent to an activating group) is 1. The second-order valence-electron chi connectivity index (χ2n) is 5.90. The number of nitrogens with zero attached hydrogens (tertiary/aromatic N) is 1. The van der Waals surface area contributed by atoms with Gasteiger partial charge >= 0.3 is 0 Å². The van der Waals surface area contributed by atoms with E-state index in [0.29, 0.717) is 11.5 Å². The average Bonchev–Trinajstić information content (AvgIpc) is 2.17. The first-order chi connectivity index (χ1) is 6.94. The van der Waals surface area contributed by atoms with Gasteiger partial charge in [0.2, 0.25) is 0 Å². The number of aliphatic hydroxyl groups is 1. The summed E-state index contributed by atoms with van der Waals surface area (Å²) in [6.45, 7) is 7.61. The summed E-state index contributed by atoms with van der Waals surface area (Å²) < 4.78 is 0. The van der Waals surface area contributed by atoms with E-state index >= 15 is 0 Å². The fourth-order valence-corrected chi connectivity index (χ4v) is 2.44. The van der Waals surface area contributed by atoms with E-state index in [4.69, 9.17) is 0 Å². The van der Waals surface area contributed by atoms with Crippen LogP contribution in [0.3, 0.4) is 0 Å². The van der Waals surface area contributed by atoms with Gasteiger partial charge in [0, 0.05) is 12.6 Å². The molecule has 0 bridgehead atoms. The third kappa shape index (κ3) is 4.12. The van der Waals surface area contributed by atoms with Crippen molar-refractivity contribution in [3.63, 3.8) is 0 Å². The van der Waals surface area contributed by atoms with Crippen LogP contribution < -0.4 is 0 Å². The van der Waals surface area contributed by atoms with Gasteiger partial charge in [-0.1, -0.05) is 20.8 Å². The molecule has 1 aliphatic carbocycles. The van der Waals surface area contributed by atoms with Crippen LogP contribution in [-0.2, 0) is 0 Å². The molecular formula is C13H27NO. The third-order valence-corrected chi connectivity index (χ3v) is 3.90. The van der Waals surface area contributed by atoms with Crippen molar-refractivity contribution in [3.8, 4) is 0 Å². The van der Waals surface area contributed by atoms with E-state index in [1.165, 1.54) is 25.7 Å². The van der Waals surface area contributed by atoms with E-state index in [2.05, 4.69) is 25.8 Å². The highest BCUT2D eigenvalue weighted by atomic mass is 16.3. The van der Waals surface area contributed by atoms with Gasteiger partial charge in [-0.3, -0.25) is 0 Å². The van der Waals surface area contributed by atoms with E-state index in [0.717, 1.165) is 13.0 Å². The predicted molar refractivity (Wildman–Crippen MR) is 65.0 cm³/mol. The van der Waals surface area contributed by atoms with Crippen LogP contribution in [0, 0.1) is 5.41 Å². The maximum atomic E-state index is 9.62. The van der Waals surface area contributed by atoms with Crippen molar-refractivity contribution in [2.45, 2.75) is 65.0 Å². The summed E-state index contributed by atoms with van der Waals surface area (Å²) in [5.41, 5.74) is 0.542. The van der Waals surface area contributed by atoms with Crippen LogP contribution in [0.2, 0.25) is 0 Å². The molecule has 1 saturated carbocycles. The lowest BCUT2D eigenvalue weighted by Gasteiger charge is -2.39. The number of aliphatic hydroxyl groups excluding tert-OH is 1. The molecule has 0 aromatic carbocycles. The molecule has 2 heteroatoms. The average molecular weight is 213 g/mol. The maximum Gasteiger partial charge on any atom is 0.0664 e. The zero-order valence-corrected chi connectivity index (χ0v) is 10.8. The minimum Gasteiger partial charge on any atom is -0.392 e. The lowest BCUT2D eigenvalue weighted by Crippen LogP contribution is -2.40. The molecule has 0 spiro atoms. The fourth-order valence-electron chi connectivity index (χ4n) is 2.44. The van der Waals surface area contributed by atoms with E-state index < -0.39 is 0 Å². The molecule has 90 valence electrons. The first-order valence-corrected chi connectivity index (χ1v) is 6.33. The Morgan fingerprint density at radius 2 is 1.87 bits per heavy atom. The molecule has 0 aliphatic heterocycles. The van der Waals surface area contributed by atoms with Crippen LogP contribution in [0.1, 0.15) is 52.9 Å². The highest BCUT2D eigenvalue weighted by Gasteiger charge is 2.28. The Hall–Kier alpha value is -0.0800. The Balaban J connectivity index is 2.33. The highest BCUT2D eigenvalue weighted by Crippen LogP contribution is 2.36. The first-order valence-electron chi connectivity index (χ1n) is 6.33. The van der Waals surface area contributed by atoms with Crippen LogP contribution in [0.15, 0.2) is 0 Å². The molecule has 1 rings (SSSR count). The van der Waals surface area contributed by atoms with Crippen molar-refractivity contribution in [1.82, 2.24) is 4.90 Å². The van der Waals surface area contributed by atoms with E-state index in [-0.39, 0.29) is 6.10 Å². The van der Waals surface area contributed by atoms with E-state index in [1.54, 1.807) is 0 Å². The molecule has 15 heavy (non-hydrogen) atoms. The highest BCUT2D eigenvalue weighted by molar-refractivity contribution is 4.83. The van der Waals surface area contributed by atoms with E-state index in [9.17, 15) is 5.11 Å². The molecule has 1 N–H and O–H groups in total. The minimum atomic E-state index is -0.148. The third-order valence-electron chi connectivity index (χ3n) is 3.90. The molecule has 0 radical (unpaired) electrons.